The van der Waals surface area contributed by atoms with E-state index in [0.29, 0.717) is 22.4 Å². The van der Waals surface area contributed by atoms with Gasteiger partial charge in [0.05, 0.1) is 24.9 Å². The van der Waals surface area contributed by atoms with E-state index in [2.05, 4.69) is 40.7 Å². The van der Waals surface area contributed by atoms with Crippen LogP contribution in [0.2, 0.25) is 18.1 Å². The molecule has 1 aromatic heterocycles. The van der Waals surface area contributed by atoms with E-state index in [4.69, 9.17) is 21.3 Å². The zero-order chi connectivity index (χ0) is 26.8. The number of aromatic nitrogens is 3. The SMILES string of the molecule is COc1ccc2c(c1)C(c1ccc(Cl)cc1)=NC(CC(=O)Nc1ccc(C[SiH](C)C)cc1)c1nnc(C)n1-2. The molecule has 0 spiro atoms. The van der Waals surface area contributed by atoms with Crippen LogP contribution in [0.1, 0.15) is 40.8 Å². The van der Waals surface area contributed by atoms with Crippen molar-refractivity contribution in [1.29, 1.82) is 0 Å². The Morgan fingerprint density at radius 1 is 1.05 bits per heavy atom. The van der Waals surface area contributed by atoms with E-state index in [1.807, 2.05) is 66.1 Å². The van der Waals surface area contributed by atoms with E-state index in [0.717, 1.165) is 34.3 Å². The summed E-state index contributed by atoms with van der Waals surface area (Å²) in [6.45, 7) is 6.56. The van der Waals surface area contributed by atoms with Crippen LogP contribution >= 0.6 is 11.6 Å². The van der Waals surface area contributed by atoms with Crippen molar-refractivity contribution < 1.29 is 9.53 Å². The molecule has 1 amide bonds. The van der Waals surface area contributed by atoms with Gasteiger partial charge in [-0.25, -0.2) is 0 Å². The van der Waals surface area contributed by atoms with Crippen LogP contribution in [0.4, 0.5) is 5.69 Å². The van der Waals surface area contributed by atoms with Crippen molar-refractivity contribution in [2.45, 2.75) is 38.5 Å². The number of carbonyl (C=O) groups excluding carboxylic acids is 1. The highest BCUT2D eigenvalue weighted by Crippen LogP contribution is 2.34. The molecule has 0 fully saturated rings. The third-order valence-corrected chi connectivity index (χ3v) is 8.05. The summed E-state index contributed by atoms with van der Waals surface area (Å²) in [6.07, 6.45) is 0.112. The predicted molar refractivity (Wildman–Crippen MR) is 155 cm³/mol. The molecule has 1 unspecified atom stereocenters. The van der Waals surface area contributed by atoms with Crippen LogP contribution in [0.25, 0.3) is 5.69 Å². The van der Waals surface area contributed by atoms with Gasteiger partial charge in [-0.05, 0) is 55.4 Å². The highest BCUT2D eigenvalue weighted by Gasteiger charge is 2.30. The van der Waals surface area contributed by atoms with Crippen molar-refractivity contribution in [3.63, 3.8) is 0 Å². The summed E-state index contributed by atoms with van der Waals surface area (Å²) >= 11 is 6.18. The Balaban J connectivity index is 1.53. The van der Waals surface area contributed by atoms with Crippen molar-refractivity contribution in [2.24, 2.45) is 4.99 Å². The maximum absolute atomic E-state index is 13.3. The Bertz CT molecular complexity index is 1500. The minimum absolute atomic E-state index is 0.112. The number of methoxy groups -OCH3 is 1. The van der Waals surface area contributed by atoms with Gasteiger partial charge in [-0.15, -0.1) is 10.2 Å². The monoisotopic (exact) mass is 543 g/mol. The number of hydrogen-bond donors (Lipinski definition) is 1. The first kappa shape index (κ1) is 25.9. The number of fused-ring (bicyclic) bond motifs is 3. The van der Waals surface area contributed by atoms with E-state index in [-0.39, 0.29) is 12.3 Å². The summed E-state index contributed by atoms with van der Waals surface area (Å²) in [7, 11) is 0.937. The lowest BCUT2D eigenvalue weighted by molar-refractivity contribution is -0.116. The van der Waals surface area contributed by atoms with E-state index in [1.54, 1.807) is 7.11 Å². The number of nitrogens with zero attached hydrogens (tertiary/aromatic N) is 4. The van der Waals surface area contributed by atoms with E-state index in [9.17, 15) is 4.79 Å². The summed E-state index contributed by atoms with van der Waals surface area (Å²) in [6, 6.07) is 22.1. The van der Waals surface area contributed by atoms with Gasteiger partial charge in [0.15, 0.2) is 5.82 Å². The average molecular weight is 544 g/mol. The van der Waals surface area contributed by atoms with Crippen molar-refractivity contribution in [1.82, 2.24) is 14.8 Å². The topological polar surface area (TPSA) is 81.4 Å². The molecular weight excluding hydrogens is 514 g/mol. The van der Waals surface area contributed by atoms with Gasteiger partial charge in [0.2, 0.25) is 5.91 Å². The Kier molecular flexibility index (Phi) is 7.44. The van der Waals surface area contributed by atoms with Crippen LogP contribution in [0.5, 0.6) is 5.75 Å². The Hall–Kier alpha value is -3.75. The zero-order valence-corrected chi connectivity index (χ0v) is 23.8. The highest BCUT2D eigenvalue weighted by molar-refractivity contribution is 6.55. The minimum Gasteiger partial charge on any atom is -0.497 e. The van der Waals surface area contributed by atoms with Gasteiger partial charge in [-0.3, -0.25) is 14.4 Å². The first-order chi connectivity index (χ1) is 18.3. The van der Waals surface area contributed by atoms with Gasteiger partial charge in [-0.1, -0.05) is 54.5 Å². The van der Waals surface area contributed by atoms with E-state index < -0.39 is 14.8 Å². The molecule has 2 heterocycles. The maximum atomic E-state index is 13.3. The second kappa shape index (κ2) is 10.9. The number of ether oxygens (including phenoxy) is 1. The van der Waals surface area contributed by atoms with Gasteiger partial charge >= 0.3 is 0 Å². The van der Waals surface area contributed by atoms with Gasteiger partial charge in [0.1, 0.15) is 17.6 Å². The van der Waals surface area contributed by atoms with E-state index >= 15 is 0 Å². The quantitative estimate of drug-likeness (QED) is 0.302. The van der Waals surface area contributed by atoms with Crippen LogP contribution in [-0.2, 0) is 10.8 Å². The van der Waals surface area contributed by atoms with Crippen LogP contribution in [0.15, 0.2) is 71.7 Å². The van der Waals surface area contributed by atoms with Crippen molar-refractivity contribution in [3.8, 4) is 11.4 Å². The number of carbonyl (C=O) groups is 1. The van der Waals surface area contributed by atoms with Gasteiger partial charge < -0.3 is 10.1 Å². The summed E-state index contributed by atoms with van der Waals surface area (Å²) in [5.41, 5.74) is 5.44. The van der Waals surface area contributed by atoms with Crippen LogP contribution in [0.3, 0.4) is 0 Å². The molecule has 1 N–H and O–H groups in total. The standard InChI is InChI=1S/C29H30ClN5O2Si/c1-18-33-34-29-25(16-27(36)31-22-11-5-19(6-12-22)17-38(3)4)32-28(20-7-9-21(30)10-8-20)24-15-23(37-2)13-14-26(24)35(18)29/h5-15,25,38H,16-17H2,1-4H3,(H,31,36). The summed E-state index contributed by atoms with van der Waals surface area (Å²) in [5.74, 6) is 1.90. The summed E-state index contributed by atoms with van der Waals surface area (Å²) in [5, 5.41) is 12.5. The molecule has 4 aromatic rings. The van der Waals surface area contributed by atoms with Gasteiger partial charge in [0, 0.05) is 30.6 Å². The number of anilines is 1. The lowest BCUT2D eigenvalue weighted by Crippen LogP contribution is -2.17. The number of benzene rings is 3. The molecule has 0 saturated carbocycles. The number of amides is 1. The average Bonchev–Trinajstić information content (AvgIpc) is 3.22. The summed E-state index contributed by atoms with van der Waals surface area (Å²) < 4.78 is 7.51. The van der Waals surface area contributed by atoms with Crippen molar-refractivity contribution in [3.05, 3.63) is 100 Å². The third kappa shape index (κ3) is 5.42. The highest BCUT2D eigenvalue weighted by atomic mass is 35.5. The second-order valence-electron chi connectivity index (χ2n) is 9.87. The minimum atomic E-state index is -0.700. The second-order valence-corrected chi connectivity index (χ2v) is 13.5. The lowest BCUT2D eigenvalue weighted by atomic mass is 10.00. The molecule has 0 radical (unpaired) electrons. The molecule has 7 nitrogen and oxygen atoms in total. The number of aryl methyl sites for hydroxylation is 1. The maximum Gasteiger partial charge on any atom is 0.227 e. The normalized spacial score (nSPS) is 14.4. The fraction of sp³-hybridized carbons (Fsp3) is 0.241. The van der Waals surface area contributed by atoms with Gasteiger partial charge in [-0.2, -0.15) is 0 Å². The van der Waals surface area contributed by atoms with Crippen LogP contribution < -0.4 is 10.1 Å². The number of hydrogen-bond acceptors (Lipinski definition) is 5. The number of rotatable bonds is 7. The summed E-state index contributed by atoms with van der Waals surface area (Å²) in [4.78, 5) is 18.4. The molecule has 0 aliphatic carbocycles. The Morgan fingerprint density at radius 3 is 2.47 bits per heavy atom. The molecule has 1 aliphatic heterocycles. The molecule has 9 heteroatoms. The molecule has 194 valence electrons. The molecular formula is C29H30ClN5O2Si. The smallest absolute Gasteiger partial charge is 0.227 e. The zero-order valence-electron chi connectivity index (χ0n) is 21.9. The van der Waals surface area contributed by atoms with Crippen LogP contribution in [0, 0.1) is 6.92 Å². The largest absolute Gasteiger partial charge is 0.497 e. The molecule has 1 atom stereocenters. The fourth-order valence-corrected chi connectivity index (χ4v) is 6.10. The number of halogens is 1. The lowest BCUT2D eigenvalue weighted by Gasteiger charge is -2.14. The molecule has 1 aliphatic rings. The first-order valence-corrected chi connectivity index (χ1v) is 16.2. The van der Waals surface area contributed by atoms with Gasteiger partial charge in [0.25, 0.3) is 0 Å². The van der Waals surface area contributed by atoms with Crippen molar-refractivity contribution in [2.75, 3.05) is 12.4 Å². The molecule has 38 heavy (non-hydrogen) atoms. The molecule has 0 saturated heterocycles. The van der Waals surface area contributed by atoms with E-state index in [1.165, 1.54) is 5.56 Å². The first-order valence-electron chi connectivity index (χ1n) is 12.7. The van der Waals surface area contributed by atoms with Crippen molar-refractivity contribution >= 4 is 37.7 Å². The van der Waals surface area contributed by atoms with Crippen LogP contribution in [-0.4, -0.2) is 42.3 Å². The third-order valence-electron chi connectivity index (χ3n) is 6.51. The molecule has 5 rings (SSSR count). The number of aliphatic imine (C=N–C) groups is 1. The molecule has 0 bridgehead atoms. The number of nitrogens with one attached hydrogen (secondary N) is 1. The Morgan fingerprint density at radius 2 is 1.79 bits per heavy atom. The predicted octanol–water partition coefficient (Wildman–Crippen LogP) is 5.73. The fourth-order valence-electron chi connectivity index (χ4n) is 4.76. The Labute approximate surface area is 229 Å². The molecule has 3 aromatic carbocycles.